The number of hydrogen-bond donors (Lipinski definition) is 2. The molecular formula is C23H27F2N7. The first kappa shape index (κ1) is 21.7. The van der Waals surface area contributed by atoms with E-state index >= 15 is 0 Å². The molecule has 1 fully saturated rings. The minimum Gasteiger partial charge on any atom is -0.367 e. The summed E-state index contributed by atoms with van der Waals surface area (Å²) in [4.78, 5) is 10.6. The molecule has 2 aromatic carbocycles. The number of nitrogens with one attached hydrogen (secondary N) is 2. The monoisotopic (exact) mass is 439 g/mol. The smallest absolute Gasteiger partial charge is 0.191 e. The molecule has 168 valence electrons. The minimum atomic E-state index is -0.563. The zero-order chi connectivity index (χ0) is 22.3. The first-order valence-electron chi connectivity index (χ1n) is 10.8. The molecule has 0 amide bonds. The molecule has 1 aromatic heterocycles. The number of aliphatic imine (C=N–C) groups is 1. The third-order valence-corrected chi connectivity index (χ3v) is 5.35. The van der Waals surface area contributed by atoms with Crippen LogP contribution in [0.2, 0.25) is 0 Å². The van der Waals surface area contributed by atoms with Crippen LogP contribution in [0.25, 0.3) is 0 Å². The fraction of sp³-hybridized carbons (Fsp3) is 0.348. The number of nitrogens with zero attached hydrogens (tertiary/aromatic N) is 5. The average molecular weight is 440 g/mol. The molecule has 1 aliphatic heterocycles. The van der Waals surface area contributed by atoms with Crippen molar-refractivity contribution in [3.05, 3.63) is 77.9 Å². The molecule has 7 nitrogen and oxygen atoms in total. The fourth-order valence-electron chi connectivity index (χ4n) is 3.85. The number of aromatic nitrogens is 3. The zero-order valence-corrected chi connectivity index (χ0v) is 18.0. The Kier molecular flexibility index (Phi) is 6.94. The highest BCUT2D eigenvalue weighted by Crippen LogP contribution is 2.24. The standard InChI is InChI=1S/C23H27F2N7/c1-2-27-23(28-12-17-4-3-5-18(10-17)13-32-16-26-15-29-32)30-20-8-9-31(14-20)22-7-6-19(24)11-21(22)25/h3-7,10-11,15-16,20H,2,8-9,12-14H2,1H3,(H2,27,28,30). The van der Waals surface area contributed by atoms with E-state index in [4.69, 9.17) is 4.99 Å². The normalized spacial score (nSPS) is 16.4. The van der Waals surface area contributed by atoms with Crippen LogP contribution < -0.4 is 15.5 Å². The molecule has 0 bridgehead atoms. The van der Waals surface area contributed by atoms with Crippen molar-refractivity contribution in [1.82, 2.24) is 25.4 Å². The van der Waals surface area contributed by atoms with Crippen LogP contribution in [0.1, 0.15) is 24.5 Å². The molecule has 1 unspecified atom stereocenters. The van der Waals surface area contributed by atoms with Crippen molar-refractivity contribution in [2.45, 2.75) is 32.5 Å². The van der Waals surface area contributed by atoms with E-state index in [1.807, 2.05) is 24.0 Å². The molecule has 3 aromatic rings. The first-order chi connectivity index (χ1) is 15.6. The van der Waals surface area contributed by atoms with Crippen LogP contribution in [0.3, 0.4) is 0 Å². The Morgan fingerprint density at radius 3 is 2.84 bits per heavy atom. The molecule has 2 N–H and O–H groups in total. The van der Waals surface area contributed by atoms with Gasteiger partial charge in [0.2, 0.25) is 0 Å². The average Bonchev–Trinajstić information content (AvgIpc) is 3.45. The van der Waals surface area contributed by atoms with E-state index in [9.17, 15) is 8.78 Å². The Hall–Kier alpha value is -3.49. The quantitative estimate of drug-likeness (QED) is 0.438. The molecule has 1 saturated heterocycles. The lowest BCUT2D eigenvalue weighted by Crippen LogP contribution is -2.44. The van der Waals surface area contributed by atoms with Crippen molar-refractivity contribution >= 4 is 11.6 Å². The zero-order valence-electron chi connectivity index (χ0n) is 18.0. The lowest BCUT2D eigenvalue weighted by atomic mass is 10.1. The summed E-state index contributed by atoms with van der Waals surface area (Å²) in [7, 11) is 0. The van der Waals surface area contributed by atoms with Crippen LogP contribution in [-0.4, -0.2) is 46.4 Å². The highest BCUT2D eigenvalue weighted by Gasteiger charge is 2.25. The van der Waals surface area contributed by atoms with Gasteiger partial charge in [0.1, 0.15) is 24.3 Å². The van der Waals surface area contributed by atoms with Gasteiger partial charge in [-0.3, -0.25) is 0 Å². The van der Waals surface area contributed by atoms with Gasteiger partial charge in [0.25, 0.3) is 0 Å². The summed E-state index contributed by atoms with van der Waals surface area (Å²) in [5.74, 6) is -0.371. The molecular weight excluding hydrogens is 412 g/mol. The third kappa shape index (κ3) is 5.60. The summed E-state index contributed by atoms with van der Waals surface area (Å²) < 4.78 is 29.1. The van der Waals surface area contributed by atoms with Crippen molar-refractivity contribution in [3.8, 4) is 0 Å². The summed E-state index contributed by atoms with van der Waals surface area (Å²) in [5, 5.41) is 10.9. The Bertz CT molecular complexity index is 1050. The molecule has 0 aliphatic carbocycles. The summed E-state index contributed by atoms with van der Waals surface area (Å²) in [6, 6.07) is 12.1. The SMILES string of the molecule is CCNC(=NCc1cccc(Cn2cncn2)c1)NC1CCN(c2ccc(F)cc2F)C1. The van der Waals surface area contributed by atoms with Gasteiger partial charge in [0.15, 0.2) is 5.96 Å². The van der Waals surface area contributed by atoms with Gasteiger partial charge in [-0.15, -0.1) is 0 Å². The van der Waals surface area contributed by atoms with E-state index < -0.39 is 11.6 Å². The van der Waals surface area contributed by atoms with Crippen LogP contribution in [0.15, 0.2) is 60.1 Å². The fourth-order valence-corrected chi connectivity index (χ4v) is 3.85. The van der Waals surface area contributed by atoms with Gasteiger partial charge < -0.3 is 15.5 Å². The van der Waals surface area contributed by atoms with Crippen LogP contribution >= 0.6 is 0 Å². The van der Waals surface area contributed by atoms with E-state index in [-0.39, 0.29) is 6.04 Å². The lowest BCUT2D eigenvalue weighted by molar-refractivity contribution is 0.580. The molecule has 1 atom stereocenters. The number of benzene rings is 2. The highest BCUT2D eigenvalue weighted by atomic mass is 19.1. The van der Waals surface area contributed by atoms with E-state index in [1.165, 1.54) is 18.5 Å². The summed E-state index contributed by atoms with van der Waals surface area (Å²) in [6.07, 6.45) is 4.06. The van der Waals surface area contributed by atoms with Crippen LogP contribution in [0, 0.1) is 11.6 Å². The second-order valence-corrected chi connectivity index (χ2v) is 7.78. The van der Waals surface area contributed by atoms with Gasteiger partial charge in [-0.1, -0.05) is 24.3 Å². The molecule has 0 radical (unpaired) electrons. The maximum absolute atomic E-state index is 14.1. The number of guanidine groups is 1. The van der Waals surface area contributed by atoms with E-state index in [1.54, 1.807) is 11.0 Å². The molecule has 2 heterocycles. The van der Waals surface area contributed by atoms with E-state index in [0.29, 0.717) is 31.9 Å². The van der Waals surface area contributed by atoms with E-state index in [2.05, 4.69) is 32.8 Å². The van der Waals surface area contributed by atoms with Crippen molar-refractivity contribution in [3.63, 3.8) is 0 Å². The van der Waals surface area contributed by atoms with Gasteiger partial charge in [-0.2, -0.15) is 5.10 Å². The maximum atomic E-state index is 14.1. The molecule has 0 saturated carbocycles. The van der Waals surface area contributed by atoms with Gasteiger partial charge in [0, 0.05) is 31.7 Å². The molecule has 32 heavy (non-hydrogen) atoms. The summed E-state index contributed by atoms with van der Waals surface area (Å²) >= 11 is 0. The number of halogens is 2. The molecule has 1 aliphatic rings. The Labute approximate surface area is 186 Å². The van der Waals surface area contributed by atoms with Gasteiger partial charge in [0.05, 0.1) is 18.8 Å². The molecule has 0 spiro atoms. The highest BCUT2D eigenvalue weighted by molar-refractivity contribution is 5.80. The lowest BCUT2D eigenvalue weighted by Gasteiger charge is -2.21. The van der Waals surface area contributed by atoms with Crippen LogP contribution in [0.4, 0.5) is 14.5 Å². The molecule has 4 rings (SSSR count). The molecule has 9 heteroatoms. The van der Waals surface area contributed by atoms with Crippen molar-refractivity contribution in [1.29, 1.82) is 0 Å². The second-order valence-electron chi connectivity index (χ2n) is 7.78. The predicted octanol–water partition coefficient (Wildman–Crippen LogP) is 2.94. The number of hydrogen-bond acceptors (Lipinski definition) is 4. The van der Waals surface area contributed by atoms with Gasteiger partial charge in [-0.25, -0.2) is 23.4 Å². The Balaban J connectivity index is 1.37. The van der Waals surface area contributed by atoms with E-state index in [0.717, 1.165) is 36.1 Å². The summed E-state index contributed by atoms with van der Waals surface area (Å²) in [5.41, 5.74) is 2.66. The van der Waals surface area contributed by atoms with Gasteiger partial charge in [-0.05, 0) is 36.6 Å². The maximum Gasteiger partial charge on any atom is 0.191 e. The van der Waals surface area contributed by atoms with Crippen LogP contribution in [0.5, 0.6) is 0 Å². The second kappa shape index (κ2) is 10.2. The third-order valence-electron chi connectivity index (χ3n) is 5.35. The number of anilines is 1. The summed E-state index contributed by atoms with van der Waals surface area (Å²) in [6.45, 7) is 5.27. The van der Waals surface area contributed by atoms with Gasteiger partial charge >= 0.3 is 0 Å². The Morgan fingerprint density at radius 2 is 2.06 bits per heavy atom. The van der Waals surface area contributed by atoms with Crippen molar-refractivity contribution in [2.75, 3.05) is 24.5 Å². The topological polar surface area (TPSA) is 70.4 Å². The largest absolute Gasteiger partial charge is 0.367 e. The van der Waals surface area contributed by atoms with Crippen LogP contribution in [-0.2, 0) is 13.1 Å². The number of rotatable bonds is 7. The Morgan fingerprint density at radius 1 is 1.19 bits per heavy atom. The van der Waals surface area contributed by atoms with Crippen molar-refractivity contribution < 1.29 is 8.78 Å². The minimum absolute atomic E-state index is 0.121. The first-order valence-corrected chi connectivity index (χ1v) is 10.8. The van der Waals surface area contributed by atoms with Crippen molar-refractivity contribution in [2.24, 2.45) is 4.99 Å². The predicted molar refractivity (Wildman–Crippen MR) is 120 cm³/mol.